The zero-order valence-electron chi connectivity index (χ0n) is 14.6. The van der Waals surface area contributed by atoms with Crippen molar-refractivity contribution >= 4 is 5.82 Å². The van der Waals surface area contributed by atoms with Gasteiger partial charge in [0.05, 0.1) is 0 Å². The first-order chi connectivity index (χ1) is 13.2. The molecule has 2 aromatic carbocycles. The van der Waals surface area contributed by atoms with Gasteiger partial charge in [0.2, 0.25) is 5.82 Å². The summed E-state index contributed by atoms with van der Waals surface area (Å²) in [5.74, 6) is 0.958. The second kappa shape index (κ2) is 7.33. The highest BCUT2D eigenvalue weighted by Crippen LogP contribution is 2.21. The zero-order chi connectivity index (χ0) is 18.6. The lowest BCUT2D eigenvalue weighted by molar-refractivity contribution is 0.430. The smallest absolute Gasteiger partial charge is 0.278 e. The number of hydrogen-bond donors (Lipinski definition) is 1. The van der Waals surface area contributed by atoms with Gasteiger partial charge in [-0.25, -0.2) is 4.39 Å². The molecule has 0 aliphatic rings. The van der Waals surface area contributed by atoms with Gasteiger partial charge in [-0.05, 0) is 48.9 Å². The van der Waals surface area contributed by atoms with Gasteiger partial charge in [0.1, 0.15) is 11.6 Å². The SMILES string of the molecule is Cc1ccc(CNc2ccc(-c3nc(-c4ccc(F)cc4)no3)nn2)cc1. The summed E-state index contributed by atoms with van der Waals surface area (Å²) in [6, 6.07) is 17.7. The van der Waals surface area contributed by atoms with Crippen LogP contribution in [0.1, 0.15) is 11.1 Å². The van der Waals surface area contributed by atoms with Gasteiger partial charge in [-0.3, -0.25) is 0 Å². The summed E-state index contributed by atoms with van der Waals surface area (Å²) in [5.41, 5.74) is 3.52. The van der Waals surface area contributed by atoms with E-state index in [-0.39, 0.29) is 11.7 Å². The van der Waals surface area contributed by atoms with Crippen LogP contribution >= 0.6 is 0 Å². The molecule has 4 rings (SSSR count). The Morgan fingerprint density at radius 2 is 1.70 bits per heavy atom. The molecule has 0 saturated heterocycles. The van der Waals surface area contributed by atoms with E-state index >= 15 is 0 Å². The molecule has 2 aromatic heterocycles. The average Bonchev–Trinajstić information content (AvgIpc) is 3.19. The van der Waals surface area contributed by atoms with Gasteiger partial charge in [-0.1, -0.05) is 35.0 Å². The monoisotopic (exact) mass is 361 g/mol. The Bertz CT molecular complexity index is 1030. The average molecular weight is 361 g/mol. The van der Waals surface area contributed by atoms with Crippen LogP contribution in [0.5, 0.6) is 0 Å². The lowest BCUT2D eigenvalue weighted by atomic mass is 10.1. The van der Waals surface area contributed by atoms with Gasteiger partial charge in [-0.15, -0.1) is 10.2 Å². The van der Waals surface area contributed by atoms with Gasteiger partial charge in [0.15, 0.2) is 5.69 Å². The van der Waals surface area contributed by atoms with Gasteiger partial charge in [-0.2, -0.15) is 4.98 Å². The van der Waals surface area contributed by atoms with Crippen molar-refractivity contribution in [3.63, 3.8) is 0 Å². The first kappa shape index (κ1) is 16.8. The van der Waals surface area contributed by atoms with Crippen molar-refractivity contribution in [1.82, 2.24) is 20.3 Å². The number of aromatic nitrogens is 4. The molecule has 1 N–H and O–H groups in total. The molecule has 4 aromatic rings. The molecule has 0 atom stereocenters. The highest BCUT2D eigenvalue weighted by molar-refractivity contribution is 5.57. The number of aryl methyl sites for hydroxylation is 1. The minimum Gasteiger partial charge on any atom is -0.365 e. The molecule has 134 valence electrons. The van der Waals surface area contributed by atoms with Gasteiger partial charge in [0.25, 0.3) is 5.89 Å². The number of nitrogens with one attached hydrogen (secondary N) is 1. The third-order valence-electron chi connectivity index (χ3n) is 4.01. The highest BCUT2D eigenvalue weighted by Gasteiger charge is 2.12. The maximum absolute atomic E-state index is 13.0. The molecular formula is C20H16FN5O. The van der Waals surface area contributed by atoms with Crippen molar-refractivity contribution < 1.29 is 8.91 Å². The third-order valence-corrected chi connectivity index (χ3v) is 4.01. The van der Waals surface area contributed by atoms with Gasteiger partial charge in [0, 0.05) is 12.1 Å². The van der Waals surface area contributed by atoms with E-state index in [4.69, 9.17) is 4.52 Å². The molecule has 0 fully saturated rings. The van der Waals surface area contributed by atoms with Crippen LogP contribution in [0.15, 0.2) is 65.2 Å². The minimum absolute atomic E-state index is 0.256. The lowest BCUT2D eigenvalue weighted by Crippen LogP contribution is -2.02. The molecule has 0 amide bonds. The standard InChI is InChI=1S/C20H16FN5O/c1-13-2-4-14(5-3-13)12-22-18-11-10-17(24-25-18)20-23-19(26-27-20)15-6-8-16(21)9-7-15/h2-11H,12H2,1H3,(H,22,25). The second-order valence-corrected chi connectivity index (χ2v) is 6.07. The number of hydrogen-bond acceptors (Lipinski definition) is 6. The predicted molar refractivity (Wildman–Crippen MR) is 99.2 cm³/mol. The number of anilines is 1. The molecule has 0 saturated carbocycles. The van der Waals surface area contributed by atoms with E-state index < -0.39 is 0 Å². The Morgan fingerprint density at radius 3 is 2.41 bits per heavy atom. The maximum Gasteiger partial charge on any atom is 0.278 e. The summed E-state index contributed by atoms with van der Waals surface area (Å²) in [6.45, 7) is 2.71. The molecule has 0 bridgehead atoms. The van der Waals surface area contributed by atoms with Gasteiger partial charge < -0.3 is 9.84 Å². The van der Waals surface area contributed by atoms with Crippen LogP contribution in [-0.4, -0.2) is 20.3 Å². The van der Waals surface area contributed by atoms with Crippen molar-refractivity contribution in [2.45, 2.75) is 13.5 Å². The summed E-state index contributed by atoms with van der Waals surface area (Å²) in [6.07, 6.45) is 0. The Kier molecular flexibility index (Phi) is 4.57. The molecule has 0 aliphatic carbocycles. The van der Waals surface area contributed by atoms with Crippen LogP contribution in [0.3, 0.4) is 0 Å². The largest absolute Gasteiger partial charge is 0.365 e. The van der Waals surface area contributed by atoms with Crippen LogP contribution in [0.25, 0.3) is 23.0 Å². The minimum atomic E-state index is -0.318. The van der Waals surface area contributed by atoms with Crippen molar-refractivity contribution in [3.05, 3.63) is 77.6 Å². The summed E-state index contributed by atoms with van der Waals surface area (Å²) in [4.78, 5) is 4.29. The fraction of sp³-hybridized carbons (Fsp3) is 0.100. The lowest BCUT2D eigenvalue weighted by Gasteiger charge is -2.05. The number of halogens is 1. The molecule has 0 unspecified atom stereocenters. The molecule has 0 aliphatic heterocycles. The van der Waals surface area contributed by atoms with E-state index in [1.807, 2.05) is 0 Å². The number of benzene rings is 2. The quantitative estimate of drug-likeness (QED) is 0.572. The molecule has 7 heteroatoms. The first-order valence-corrected chi connectivity index (χ1v) is 8.40. The van der Waals surface area contributed by atoms with E-state index in [2.05, 4.69) is 56.8 Å². The molecule has 27 heavy (non-hydrogen) atoms. The molecular weight excluding hydrogens is 345 g/mol. The highest BCUT2D eigenvalue weighted by atomic mass is 19.1. The number of rotatable bonds is 5. The fourth-order valence-electron chi connectivity index (χ4n) is 2.48. The Labute approximate surface area is 155 Å². The van der Waals surface area contributed by atoms with E-state index in [1.165, 1.54) is 17.7 Å². The zero-order valence-corrected chi connectivity index (χ0v) is 14.6. The summed E-state index contributed by atoms with van der Waals surface area (Å²) in [7, 11) is 0. The Hall–Kier alpha value is -3.61. The molecule has 6 nitrogen and oxygen atoms in total. The maximum atomic E-state index is 13.0. The third kappa shape index (κ3) is 3.98. The topological polar surface area (TPSA) is 76.7 Å². The van der Waals surface area contributed by atoms with Crippen molar-refractivity contribution in [2.75, 3.05) is 5.32 Å². The normalized spacial score (nSPS) is 10.7. The fourth-order valence-corrected chi connectivity index (χ4v) is 2.48. The van der Waals surface area contributed by atoms with Crippen LogP contribution < -0.4 is 5.32 Å². The predicted octanol–water partition coefficient (Wildman–Crippen LogP) is 4.25. The first-order valence-electron chi connectivity index (χ1n) is 8.40. The van der Waals surface area contributed by atoms with E-state index in [9.17, 15) is 4.39 Å². The summed E-state index contributed by atoms with van der Waals surface area (Å²) >= 11 is 0. The second-order valence-electron chi connectivity index (χ2n) is 6.07. The van der Waals surface area contributed by atoms with Crippen molar-refractivity contribution in [2.24, 2.45) is 0 Å². The summed E-state index contributed by atoms with van der Waals surface area (Å²) < 4.78 is 18.2. The van der Waals surface area contributed by atoms with Crippen molar-refractivity contribution in [3.8, 4) is 23.0 Å². The van der Waals surface area contributed by atoms with E-state index in [0.717, 1.165) is 5.56 Å². The molecule has 0 spiro atoms. The van der Waals surface area contributed by atoms with Crippen LogP contribution in [-0.2, 0) is 6.54 Å². The molecule has 0 radical (unpaired) electrons. The van der Waals surface area contributed by atoms with E-state index in [0.29, 0.717) is 29.4 Å². The summed E-state index contributed by atoms with van der Waals surface area (Å²) in [5, 5.41) is 15.4. The van der Waals surface area contributed by atoms with Crippen LogP contribution in [0, 0.1) is 12.7 Å². The molecule has 2 heterocycles. The number of nitrogens with zero attached hydrogens (tertiary/aromatic N) is 4. The Balaban J connectivity index is 1.44. The van der Waals surface area contributed by atoms with Crippen molar-refractivity contribution in [1.29, 1.82) is 0 Å². The van der Waals surface area contributed by atoms with E-state index in [1.54, 1.807) is 24.3 Å². The van der Waals surface area contributed by atoms with Gasteiger partial charge >= 0.3 is 0 Å². The van der Waals surface area contributed by atoms with Crippen LogP contribution in [0.4, 0.5) is 10.2 Å². The van der Waals surface area contributed by atoms with Crippen LogP contribution in [0.2, 0.25) is 0 Å². The Morgan fingerprint density at radius 1 is 0.926 bits per heavy atom.